The van der Waals surface area contributed by atoms with E-state index in [2.05, 4.69) is 10.1 Å². The molecular formula is C12H18N4O3S. The first-order chi connectivity index (χ1) is 9.55. The second-order valence-electron chi connectivity index (χ2n) is 5.56. The first kappa shape index (κ1) is 13.5. The Morgan fingerprint density at radius 3 is 2.80 bits per heavy atom. The smallest absolute Gasteiger partial charge is 0.226 e. The summed E-state index contributed by atoms with van der Waals surface area (Å²) >= 11 is 0. The number of rotatable bonds is 2. The van der Waals surface area contributed by atoms with Crippen LogP contribution in [0.4, 0.5) is 0 Å². The van der Waals surface area contributed by atoms with Gasteiger partial charge in [0.25, 0.3) is 0 Å². The minimum Gasteiger partial charge on any atom is -0.340 e. The highest BCUT2D eigenvalue weighted by Gasteiger charge is 2.37. The van der Waals surface area contributed by atoms with Crippen LogP contribution in [0, 0.1) is 5.92 Å². The van der Waals surface area contributed by atoms with Crippen molar-refractivity contribution in [1.29, 1.82) is 0 Å². The van der Waals surface area contributed by atoms with Gasteiger partial charge in [-0.3, -0.25) is 4.79 Å². The van der Waals surface area contributed by atoms with Crippen LogP contribution in [0.5, 0.6) is 0 Å². The van der Waals surface area contributed by atoms with Gasteiger partial charge >= 0.3 is 0 Å². The van der Waals surface area contributed by atoms with Gasteiger partial charge in [0.05, 0.1) is 23.5 Å². The minimum atomic E-state index is -3.01. The molecule has 2 aliphatic heterocycles. The largest absolute Gasteiger partial charge is 0.340 e. The molecule has 0 aromatic carbocycles. The highest BCUT2D eigenvalue weighted by atomic mass is 32.2. The Morgan fingerprint density at radius 1 is 1.30 bits per heavy atom. The van der Waals surface area contributed by atoms with E-state index in [9.17, 15) is 13.2 Å². The molecule has 3 rings (SSSR count). The van der Waals surface area contributed by atoms with Crippen molar-refractivity contribution < 1.29 is 13.2 Å². The Morgan fingerprint density at radius 2 is 2.15 bits per heavy atom. The van der Waals surface area contributed by atoms with Crippen molar-refractivity contribution in [2.45, 2.75) is 25.3 Å². The van der Waals surface area contributed by atoms with Crippen molar-refractivity contribution in [1.82, 2.24) is 19.7 Å². The minimum absolute atomic E-state index is 0.0102. The summed E-state index contributed by atoms with van der Waals surface area (Å²) in [6, 6.07) is 0.146. The molecule has 7 nitrogen and oxygen atoms in total. The first-order valence-electron chi connectivity index (χ1n) is 6.88. The zero-order chi connectivity index (χ0) is 14.2. The zero-order valence-electron chi connectivity index (χ0n) is 11.2. The number of amides is 1. The molecule has 110 valence electrons. The fourth-order valence-corrected chi connectivity index (χ4v) is 4.76. The summed E-state index contributed by atoms with van der Waals surface area (Å²) in [5, 5.41) is 4.13. The van der Waals surface area contributed by atoms with Crippen LogP contribution in [-0.4, -0.2) is 58.6 Å². The van der Waals surface area contributed by atoms with Gasteiger partial charge in [0.15, 0.2) is 9.84 Å². The zero-order valence-corrected chi connectivity index (χ0v) is 12.0. The van der Waals surface area contributed by atoms with Crippen LogP contribution in [0.1, 0.15) is 25.3 Å². The maximum absolute atomic E-state index is 12.4. The molecule has 2 fully saturated rings. The highest BCUT2D eigenvalue weighted by molar-refractivity contribution is 7.91. The van der Waals surface area contributed by atoms with Crippen molar-refractivity contribution >= 4 is 15.7 Å². The average Bonchev–Trinajstić information content (AvgIpc) is 3.07. The molecule has 8 heteroatoms. The summed E-state index contributed by atoms with van der Waals surface area (Å²) in [5.41, 5.74) is 0. The Labute approximate surface area is 117 Å². The summed E-state index contributed by atoms with van der Waals surface area (Å²) in [4.78, 5) is 18.1. The summed E-state index contributed by atoms with van der Waals surface area (Å²) in [6.07, 6.45) is 5.50. The van der Waals surface area contributed by atoms with Crippen molar-refractivity contribution in [3.63, 3.8) is 0 Å². The SMILES string of the molecule is O=C([C@H]1CCS(=O)(=O)C1)N1CCC[C@H](n2cncn2)C1. The van der Waals surface area contributed by atoms with Crippen LogP contribution in [0.2, 0.25) is 0 Å². The van der Waals surface area contributed by atoms with E-state index in [1.165, 1.54) is 6.33 Å². The lowest BCUT2D eigenvalue weighted by atomic mass is 10.0. The standard InChI is InChI=1S/C12H18N4O3S/c17-12(10-3-5-20(18,19)7-10)15-4-1-2-11(6-15)16-9-13-8-14-16/h8-11H,1-7H2/t10-,11-/m0/s1. The maximum Gasteiger partial charge on any atom is 0.226 e. The third-order valence-corrected chi connectivity index (χ3v) is 5.87. The van der Waals surface area contributed by atoms with E-state index in [1.54, 1.807) is 15.9 Å². The molecule has 20 heavy (non-hydrogen) atoms. The lowest BCUT2D eigenvalue weighted by Crippen LogP contribution is -2.44. The number of carbonyl (C=O) groups excluding carboxylic acids is 1. The molecule has 2 saturated heterocycles. The van der Waals surface area contributed by atoms with Crippen molar-refractivity contribution in [3.8, 4) is 0 Å². The summed E-state index contributed by atoms with van der Waals surface area (Å²) < 4.78 is 24.8. The Hall–Kier alpha value is -1.44. The Kier molecular flexibility index (Phi) is 3.49. The number of nitrogens with zero attached hydrogens (tertiary/aromatic N) is 4. The fraction of sp³-hybridized carbons (Fsp3) is 0.750. The monoisotopic (exact) mass is 298 g/mol. The third-order valence-electron chi connectivity index (χ3n) is 4.10. The molecule has 0 unspecified atom stereocenters. The first-order valence-corrected chi connectivity index (χ1v) is 8.70. The van der Waals surface area contributed by atoms with Crippen LogP contribution in [0.15, 0.2) is 12.7 Å². The fourth-order valence-electron chi connectivity index (χ4n) is 3.02. The van der Waals surface area contributed by atoms with Gasteiger partial charge in [-0.1, -0.05) is 0 Å². The highest BCUT2D eigenvalue weighted by Crippen LogP contribution is 2.25. The van der Waals surface area contributed by atoms with Gasteiger partial charge in [0.2, 0.25) is 5.91 Å². The molecule has 2 aliphatic rings. The normalized spacial score (nSPS) is 29.5. The molecule has 0 radical (unpaired) electrons. The lowest BCUT2D eigenvalue weighted by Gasteiger charge is -2.34. The second kappa shape index (κ2) is 5.16. The van der Waals surface area contributed by atoms with E-state index in [-0.39, 0.29) is 29.4 Å². The molecule has 0 N–H and O–H groups in total. The molecule has 0 spiro atoms. The molecule has 1 aromatic rings. The number of carbonyl (C=O) groups is 1. The van der Waals surface area contributed by atoms with Crippen LogP contribution in [0.3, 0.4) is 0 Å². The summed E-state index contributed by atoms with van der Waals surface area (Å²) in [7, 11) is -3.01. The summed E-state index contributed by atoms with van der Waals surface area (Å²) in [6.45, 7) is 1.30. The predicted octanol–water partition coefficient (Wildman–Crippen LogP) is -0.124. The van der Waals surface area contributed by atoms with E-state index < -0.39 is 9.84 Å². The van der Waals surface area contributed by atoms with Crippen molar-refractivity contribution in [2.24, 2.45) is 5.92 Å². The average molecular weight is 298 g/mol. The predicted molar refractivity (Wildman–Crippen MR) is 71.6 cm³/mol. The molecule has 0 saturated carbocycles. The molecular weight excluding hydrogens is 280 g/mol. The number of likely N-dealkylation sites (tertiary alicyclic amines) is 1. The topological polar surface area (TPSA) is 85.2 Å². The van der Waals surface area contributed by atoms with E-state index in [0.29, 0.717) is 19.5 Å². The Bertz CT molecular complexity index is 584. The quantitative estimate of drug-likeness (QED) is 0.759. The van der Waals surface area contributed by atoms with Gasteiger partial charge in [-0.2, -0.15) is 5.10 Å². The number of hydrogen-bond acceptors (Lipinski definition) is 5. The van der Waals surface area contributed by atoms with Gasteiger partial charge in [-0.15, -0.1) is 0 Å². The van der Waals surface area contributed by atoms with Crippen LogP contribution in [0.25, 0.3) is 0 Å². The van der Waals surface area contributed by atoms with Gasteiger partial charge in [-0.25, -0.2) is 18.1 Å². The molecule has 1 amide bonds. The van der Waals surface area contributed by atoms with E-state index >= 15 is 0 Å². The van der Waals surface area contributed by atoms with Crippen LogP contribution >= 0.6 is 0 Å². The second-order valence-corrected chi connectivity index (χ2v) is 7.78. The van der Waals surface area contributed by atoms with Gasteiger partial charge in [-0.05, 0) is 19.3 Å². The van der Waals surface area contributed by atoms with Gasteiger partial charge < -0.3 is 4.90 Å². The van der Waals surface area contributed by atoms with Gasteiger partial charge in [0.1, 0.15) is 12.7 Å². The van der Waals surface area contributed by atoms with Gasteiger partial charge in [0, 0.05) is 13.1 Å². The molecule has 2 atom stereocenters. The molecule has 1 aromatic heterocycles. The third kappa shape index (κ3) is 2.70. The number of piperidine rings is 1. The number of aromatic nitrogens is 3. The Balaban J connectivity index is 1.66. The summed E-state index contributed by atoms with van der Waals surface area (Å²) in [5.74, 6) is -0.217. The molecule has 3 heterocycles. The molecule has 0 aliphatic carbocycles. The van der Waals surface area contributed by atoms with Crippen LogP contribution in [-0.2, 0) is 14.6 Å². The van der Waals surface area contributed by atoms with E-state index in [1.807, 2.05) is 0 Å². The lowest BCUT2D eigenvalue weighted by molar-refractivity contribution is -0.136. The van der Waals surface area contributed by atoms with E-state index in [0.717, 1.165) is 12.8 Å². The van der Waals surface area contributed by atoms with Crippen LogP contribution < -0.4 is 0 Å². The molecule has 0 bridgehead atoms. The van der Waals surface area contributed by atoms with E-state index in [4.69, 9.17) is 0 Å². The van der Waals surface area contributed by atoms with Crippen molar-refractivity contribution in [3.05, 3.63) is 12.7 Å². The number of sulfone groups is 1. The maximum atomic E-state index is 12.4. The number of hydrogen-bond donors (Lipinski definition) is 0. The van der Waals surface area contributed by atoms with Crippen molar-refractivity contribution in [2.75, 3.05) is 24.6 Å².